The summed E-state index contributed by atoms with van der Waals surface area (Å²) in [6.45, 7) is 2.07. The Morgan fingerprint density at radius 1 is 1.32 bits per heavy atom. The van der Waals surface area contributed by atoms with E-state index in [2.05, 4.69) is 15.4 Å². The molecule has 2 rings (SSSR count). The van der Waals surface area contributed by atoms with E-state index in [0.29, 0.717) is 18.1 Å². The maximum atomic E-state index is 12.6. The zero-order chi connectivity index (χ0) is 14.0. The molecule has 0 aliphatic heterocycles. The molecule has 1 heterocycles. The van der Waals surface area contributed by atoms with Gasteiger partial charge in [-0.15, -0.1) is 0 Å². The van der Waals surface area contributed by atoms with Crippen LogP contribution in [0.2, 0.25) is 0 Å². The van der Waals surface area contributed by atoms with E-state index in [0.717, 1.165) is 17.7 Å². The van der Waals surface area contributed by atoms with Crippen molar-refractivity contribution in [3.05, 3.63) is 41.5 Å². The number of benzene rings is 1. The summed E-state index contributed by atoms with van der Waals surface area (Å²) in [7, 11) is 1.73. The predicted molar refractivity (Wildman–Crippen MR) is 64.5 cm³/mol. The molecule has 0 radical (unpaired) electrons. The van der Waals surface area contributed by atoms with Crippen molar-refractivity contribution in [3.63, 3.8) is 0 Å². The molecule has 0 unspecified atom stereocenters. The van der Waals surface area contributed by atoms with Gasteiger partial charge in [-0.3, -0.25) is 4.68 Å². The van der Waals surface area contributed by atoms with Crippen LogP contribution in [-0.4, -0.2) is 14.8 Å². The molecule has 4 nitrogen and oxygen atoms in total. The van der Waals surface area contributed by atoms with Crippen LogP contribution in [0.25, 0.3) is 0 Å². The number of nitrogens with one attached hydrogen (secondary N) is 1. The lowest BCUT2D eigenvalue weighted by atomic mass is 10.1. The minimum atomic E-state index is -4.34. The van der Waals surface area contributed by atoms with Gasteiger partial charge >= 0.3 is 6.18 Å². The fraction of sp³-hybridized carbons (Fsp3) is 0.333. The molecule has 0 spiro atoms. The van der Waals surface area contributed by atoms with Crippen molar-refractivity contribution in [2.45, 2.75) is 19.6 Å². The highest BCUT2D eigenvalue weighted by Crippen LogP contribution is 2.32. The highest BCUT2D eigenvalue weighted by Gasteiger charge is 2.30. The van der Waals surface area contributed by atoms with Gasteiger partial charge in [0.2, 0.25) is 0 Å². The predicted octanol–water partition coefficient (Wildman–Crippen LogP) is 2.75. The van der Waals surface area contributed by atoms with Crippen LogP contribution < -0.4 is 5.32 Å². The Morgan fingerprint density at radius 2 is 2.05 bits per heavy atom. The Kier molecular flexibility index (Phi) is 3.46. The number of halogens is 3. The third-order valence-electron chi connectivity index (χ3n) is 2.81. The number of rotatable bonds is 3. The van der Waals surface area contributed by atoms with Gasteiger partial charge in [-0.25, -0.2) is 4.98 Å². The van der Waals surface area contributed by atoms with Crippen LogP contribution in [0.15, 0.2) is 24.5 Å². The molecule has 2 aromatic rings. The van der Waals surface area contributed by atoms with Crippen LogP contribution in [0.4, 0.5) is 18.9 Å². The van der Waals surface area contributed by atoms with Crippen molar-refractivity contribution in [1.82, 2.24) is 14.8 Å². The molecule has 1 aromatic heterocycles. The number of hydrogen-bond acceptors (Lipinski definition) is 3. The van der Waals surface area contributed by atoms with Gasteiger partial charge in [0.1, 0.15) is 12.2 Å². The van der Waals surface area contributed by atoms with Crippen LogP contribution in [0, 0.1) is 6.92 Å². The average Bonchev–Trinajstić information content (AvgIpc) is 2.72. The summed E-state index contributed by atoms with van der Waals surface area (Å²) in [4.78, 5) is 4.00. The van der Waals surface area contributed by atoms with E-state index in [4.69, 9.17) is 0 Å². The van der Waals surface area contributed by atoms with Gasteiger partial charge in [0.05, 0.1) is 12.1 Å². The molecule has 0 bridgehead atoms. The number of aryl methyl sites for hydroxylation is 2. The summed E-state index contributed by atoms with van der Waals surface area (Å²) >= 11 is 0. The molecule has 0 aliphatic carbocycles. The fourth-order valence-electron chi connectivity index (χ4n) is 1.64. The Bertz CT molecular complexity index is 575. The molecule has 1 N–H and O–H groups in total. The Morgan fingerprint density at radius 3 is 2.63 bits per heavy atom. The van der Waals surface area contributed by atoms with Gasteiger partial charge in [-0.2, -0.15) is 18.3 Å². The standard InChI is InChI=1S/C12H13F3N4/c1-8-3-4-9(12(13,14)15)5-10(8)16-6-11-17-7-18-19(11)2/h3-5,7,16H,6H2,1-2H3. The van der Waals surface area contributed by atoms with Crippen molar-refractivity contribution < 1.29 is 13.2 Å². The van der Waals surface area contributed by atoms with Gasteiger partial charge in [-0.1, -0.05) is 6.07 Å². The maximum absolute atomic E-state index is 12.6. The Balaban J connectivity index is 2.18. The second-order valence-corrected chi connectivity index (χ2v) is 4.18. The number of nitrogens with zero attached hydrogens (tertiary/aromatic N) is 3. The zero-order valence-electron chi connectivity index (χ0n) is 10.5. The summed E-state index contributed by atoms with van der Waals surface area (Å²) in [5, 5.41) is 6.84. The molecular formula is C12H13F3N4. The first-order chi connectivity index (χ1) is 8.88. The van der Waals surface area contributed by atoms with Crippen LogP contribution in [-0.2, 0) is 19.8 Å². The molecule has 0 aliphatic rings. The van der Waals surface area contributed by atoms with Crippen LogP contribution in [0.3, 0.4) is 0 Å². The van der Waals surface area contributed by atoms with Gasteiger partial charge in [0, 0.05) is 12.7 Å². The minimum Gasteiger partial charge on any atom is -0.378 e. The second kappa shape index (κ2) is 4.91. The largest absolute Gasteiger partial charge is 0.416 e. The van der Waals surface area contributed by atoms with E-state index in [-0.39, 0.29) is 0 Å². The van der Waals surface area contributed by atoms with E-state index in [1.165, 1.54) is 12.4 Å². The molecule has 1 aromatic carbocycles. The van der Waals surface area contributed by atoms with Crippen LogP contribution >= 0.6 is 0 Å². The lowest BCUT2D eigenvalue weighted by Crippen LogP contribution is -2.10. The highest BCUT2D eigenvalue weighted by atomic mass is 19.4. The van der Waals surface area contributed by atoms with Crippen molar-refractivity contribution >= 4 is 5.69 Å². The van der Waals surface area contributed by atoms with Crippen molar-refractivity contribution in [2.75, 3.05) is 5.32 Å². The zero-order valence-corrected chi connectivity index (χ0v) is 10.5. The second-order valence-electron chi connectivity index (χ2n) is 4.18. The van der Waals surface area contributed by atoms with Crippen molar-refractivity contribution in [2.24, 2.45) is 7.05 Å². The Labute approximate surface area is 108 Å². The van der Waals surface area contributed by atoms with Gasteiger partial charge in [-0.05, 0) is 24.6 Å². The van der Waals surface area contributed by atoms with Crippen molar-refractivity contribution in [3.8, 4) is 0 Å². The topological polar surface area (TPSA) is 42.7 Å². The first-order valence-corrected chi connectivity index (χ1v) is 5.62. The van der Waals surface area contributed by atoms with E-state index in [1.807, 2.05) is 0 Å². The van der Waals surface area contributed by atoms with Gasteiger partial charge in [0.25, 0.3) is 0 Å². The Hall–Kier alpha value is -2.05. The fourth-order valence-corrected chi connectivity index (χ4v) is 1.64. The summed E-state index contributed by atoms with van der Waals surface area (Å²) < 4.78 is 39.4. The van der Waals surface area contributed by atoms with E-state index in [1.54, 1.807) is 18.7 Å². The SMILES string of the molecule is Cc1ccc(C(F)(F)F)cc1NCc1ncnn1C. The van der Waals surface area contributed by atoms with Crippen LogP contribution in [0.5, 0.6) is 0 Å². The third kappa shape index (κ3) is 3.04. The third-order valence-corrected chi connectivity index (χ3v) is 2.81. The summed E-state index contributed by atoms with van der Waals surface area (Å²) in [6, 6.07) is 3.62. The first-order valence-electron chi connectivity index (χ1n) is 5.62. The number of aromatic nitrogens is 3. The lowest BCUT2D eigenvalue weighted by Gasteiger charge is -2.13. The summed E-state index contributed by atoms with van der Waals surface area (Å²) in [5.74, 6) is 0.650. The number of anilines is 1. The number of hydrogen-bond donors (Lipinski definition) is 1. The number of alkyl halides is 3. The molecule has 0 saturated heterocycles. The maximum Gasteiger partial charge on any atom is 0.416 e. The summed E-state index contributed by atoms with van der Waals surface area (Å²) in [6.07, 6.45) is -2.94. The first kappa shape index (κ1) is 13.4. The quantitative estimate of drug-likeness (QED) is 0.932. The smallest absolute Gasteiger partial charge is 0.378 e. The van der Waals surface area contributed by atoms with E-state index in [9.17, 15) is 13.2 Å². The molecule has 102 valence electrons. The minimum absolute atomic E-state index is 0.318. The van der Waals surface area contributed by atoms with Crippen LogP contribution in [0.1, 0.15) is 17.0 Å². The van der Waals surface area contributed by atoms with E-state index >= 15 is 0 Å². The molecular weight excluding hydrogens is 257 g/mol. The highest BCUT2D eigenvalue weighted by molar-refractivity contribution is 5.53. The molecule has 0 amide bonds. The molecule has 0 fully saturated rings. The average molecular weight is 270 g/mol. The molecule has 19 heavy (non-hydrogen) atoms. The molecule has 0 atom stereocenters. The van der Waals surface area contributed by atoms with Gasteiger partial charge in [0.15, 0.2) is 0 Å². The molecule has 0 saturated carbocycles. The summed E-state index contributed by atoms with van der Waals surface area (Å²) in [5.41, 5.74) is 0.520. The van der Waals surface area contributed by atoms with Gasteiger partial charge < -0.3 is 5.32 Å². The normalized spacial score (nSPS) is 11.6. The van der Waals surface area contributed by atoms with Crippen molar-refractivity contribution in [1.29, 1.82) is 0 Å². The lowest BCUT2D eigenvalue weighted by molar-refractivity contribution is -0.137. The van der Waals surface area contributed by atoms with E-state index < -0.39 is 11.7 Å². The molecule has 7 heteroatoms. The monoisotopic (exact) mass is 270 g/mol.